The molecule has 2 aliphatic rings. The van der Waals surface area contributed by atoms with Gasteiger partial charge in [-0.1, -0.05) is 30.3 Å². The van der Waals surface area contributed by atoms with E-state index in [2.05, 4.69) is 11.9 Å². The summed E-state index contributed by atoms with van der Waals surface area (Å²) >= 11 is 0. The van der Waals surface area contributed by atoms with Gasteiger partial charge in [0.2, 0.25) is 0 Å². The normalized spacial score (nSPS) is 29.5. The van der Waals surface area contributed by atoms with E-state index in [1.165, 1.54) is 12.8 Å². The van der Waals surface area contributed by atoms with E-state index in [-0.39, 0.29) is 18.5 Å². The number of nitrogens with zero attached hydrogens (tertiary/aromatic N) is 1. The Morgan fingerprint density at radius 2 is 1.81 bits per heavy atom. The number of ether oxygens (including phenoxy) is 1. The fourth-order valence-corrected chi connectivity index (χ4v) is 3.46. The second-order valence-corrected chi connectivity index (χ2v) is 5.89. The summed E-state index contributed by atoms with van der Waals surface area (Å²) in [6.07, 6.45) is 2.94. The maximum absolute atomic E-state index is 12.0. The summed E-state index contributed by atoms with van der Waals surface area (Å²) in [5.74, 6) is -0.523. The molecule has 1 aromatic carbocycles. The Balaban J connectivity index is 0.00000161. The number of esters is 1. The van der Waals surface area contributed by atoms with Crippen LogP contribution in [-0.4, -0.2) is 41.2 Å². The van der Waals surface area contributed by atoms with Crippen molar-refractivity contribution < 1.29 is 14.6 Å². The first-order valence-electron chi connectivity index (χ1n) is 7.30. The van der Waals surface area contributed by atoms with Crippen LogP contribution in [0.4, 0.5) is 0 Å². The summed E-state index contributed by atoms with van der Waals surface area (Å²) in [6, 6.07) is 10.0. The molecule has 0 saturated carbocycles. The maximum atomic E-state index is 12.0. The zero-order valence-electron chi connectivity index (χ0n) is 12.1. The van der Waals surface area contributed by atoms with Gasteiger partial charge in [0.05, 0.1) is 0 Å². The minimum absolute atomic E-state index is 0. The molecule has 1 N–H and O–H groups in total. The van der Waals surface area contributed by atoms with Gasteiger partial charge in [-0.2, -0.15) is 0 Å². The van der Waals surface area contributed by atoms with Crippen molar-refractivity contribution in [2.45, 2.75) is 50.0 Å². The van der Waals surface area contributed by atoms with E-state index < -0.39 is 12.1 Å². The second kappa shape index (κ2) is 6.77. The second-order valence-electron chi connectivity index (χ2n) is 5.89. The van der Waals surface area contributed by atoms with E-state index in [1.54, 1.807) is 12.1 Å². The molecular weight excluding hydrogens is 290 g/mol. The average molecular weight is 312 g/mol. The van der Waals surface area contributed by atoms with E-state index in [0.29, 0.717) is 17.6 Å². The quantitative estimate of drug-likeness (QED) is 0.870. The SMILES string of the molecule is CN1[C@@H]2CC[C@H]1CC(OC(=O)[C@H](O)c1ccccc1)C2.Cl. The summed E-state index contributed by atoms with van der Waals surface area (Å²) in [5.41, 5.74) is 0.591. The highest BCUT2D eigenvalue weighted by molar-refractivity contribution is 5.85. The largest absolute Gasteiger partial charge is 0.460 e. The molecule has 0 radical (unpaired) electrons. The van der Waals surface area contributed by atoms with Gasteiger partial charge < -0.3 is 14.7 Å². The summed E-state index contributed by atoms with van der Waals surface area (Å²) in [4.78, 5) is 14.4. The van der Waals surface area contributed by atoms with Crippen molar-refractivity contribution in [1.29, 1.82) is 0 Å². The molecule has 2 aliphatic heterocycles. The van der Waals surface area contributed by atoms with Gasteiger partial charge in [0, 0.05) is 12.1 Å². The van der Waals surface area contributed by atoms with Crippen molar-refractivity contribution in [3.63, 3.8) is 0 Å². The van der Waals surface area contributed by atoms with Crippen LogP contribution in [0.5, 0.6) is 0 Å². The highest BCUT2D eigenvalue weighted by atomic mass is 35.5. The molecule has 2 heterocycles. The number of aliphatic hydroxyl groups is 1. The van der Waals surface area contributed by atoms with Crippen molar-refractivity contribution in [1.82, 2.24) is 4.90 Å². The molecule has 2 fully saturated rings. The fourth-order valence-electron chi connectivity index (χ4n) is 3.46. The van der Waals surface area contributed by atoms with Gasteiger partial charge >= 0.3 is 5.97 Å². The lowest BCUT2D eigenvalue weighted by Crippen LogP contribution is -2.43. The molecule has 0 aromatic heterocycles. The van der Waals surface area contributed by atoms with E-state index >= 15 is 0 Å². The smallest absolute Gasteiger partial charge is 0.339 e. The predicted octanol–water partition coefficient (Wildman–Crippen LogP) is 2.31. The van der Waals surface area contributed by atoms with Gasteiger partial charge in [-0.3, -0.25) is 0 Å². The number of carbonyl (C=O) groups is 1. The van der Waals surface area contributed by atoms with Gasteiger partial charge in [-0.05, 0) is 38.3 Å². The first-order valence-corrected chi connectivity index (χ1v) is 7.30. The Hall–Kier alpha value is -1.10. The van der Waals surface area contributed by atoms with Crippen molar-refractivity contribution in [3.05, 3.63) is 35.9 Å². The van der Waals surface area contributed by atoms with E-state index in [0.717, 1.165) is 12.8 Å². The van der Waals surface area contributed by atoms with Crippen molar-refractivity contribution in [2.75, 3.05) is 7.05 Å². The lowest BCUT2D eigenvalue weighted by atomic mass is 10.0. The number of fused-ring (bicyclic) bond motifs is 2. The summed E-state index contributed by atoms with van der Waals surface area (Å²) < 4.78 is 5.52. The van der Waals surface area contributed by atoms with Crippen LogP contribution in [0, 0.1) is 0 Å². The summed E-state index contributed by atoms with van der Waals surface area (Å²) in [7, 11) is 2.15. The van der Waals surface area contributed by atoms with Crippen LogP contribution in [0.2, 0.25) is 0 Å². The zero-order valence-corrected chi connectivity index (χ0v) is 13.0. The van der Waals surface area contributed by atoms with Crippen LogP contribution >= 0.6 is 12.4 Å². The lowest BCUT2D eigenvalue weighted by molar-refractivity contribution is -0.162. The van der Waals surface area contributed by atoms with E-state index in [9.17, 15) is 9.90 Å². The molecule has 4 atom stereocenters. The number of piperidine rings is 1. The molecule has 0 amide bonds. The molecule has 0 aliphatic carbocycles. The third-order valence-corrected chi connectivity index (χ3v) is 4.68. The molecule has 21 heavy (non-hydrogen) atoms. The number of aliphatic hydroxyl groups excluding tert-OH is 1. The van der Waals surface area contributed by atoms with Crippen molar-refractivity contribution >= 4 is 18.4 Å². The van der Waals surface area contributed by atoms with Gasteiger partial charge in [-0.25, -0.2) is 4.79 Å². The zero-order chi connectivity index (χ0) is 14.1. The Morgan fingerprint density at radius 3 is 2.38 bits per heavy atom. The van der Waals surface area contributed by atoms with Crippen LogP contribution in [-0.2, 0) is 9.53 Å². The minimum atomic E-state index is -1.17. The Morgan fingerprint density at radius 1 is 1.24 bits per heavy atom. The predicted molar refractivity (Wildman–Crippen MR) is 82.3 cm³/mol. The number of hydrogen-bond acceptors (Lipinski definition) is 4. The van der Waals surface area contributed by atoms with Gasteiger partial charge in [0.25, 0.3) is 0 Å². The maximum Gasteiger partial charge on any atom is 0.339 e. The van der Waals surface area contributed by atoms with Gasteiger partial charge in [-0.15, -0.1) is 12.4 Å². The van der Waals surface area contributed by atoms with Crippen LogP contribution in [0.3, 0.4) is 0 Å². The topological polar surface area (TPSA) is 49.8 Å². The molecular formula is C16H22ClNO3. The first-order chi connectivity index (χ1) is 9.65. The summed E-state index contributed by atoms with van der Waals surface area (Å²) in [5, 5.41) is 10.0. The monoisotopic (exact) mass is 311 g/mol. The van der Waals surface area contributed by atoms with E-state index in [1.807, 2.05) is 18.2 Å². The number of rotatable bonds is 3. The average Bonchev–Trinajstić information content (AvgIpc) is 2.69. The van der Waals surface area contributed by atoms with Gasteiger partial charge in [0.15, 0.2) is 6.10 Å². The fraction of sp³-hybridized carbons (Fsp3) is 0.562. The molecule has 1 aromatic rings. The molecule has 1 unspecified atom stereocenters. The Labute approximate surface area is 131 Å². The highest BCUT2D eigenvalue weighted by Crippen LogP contribution is 2.35. The third-order valence-electron chi connectivity index (χ3n) is 4.68. The Kier molecular flexibility index (Phi) is 5.25. The number of benzene rings is 1. The van der Waals surface area contributed by atoms with Gasteiger partial charge in [0.1, 0.15) is 6.10 Å². The molecule has 3 rings (SSSR count). The number of carbonyl (C=O) groups excluding carboxylic acids is 1. The molecule has 5 heteroatoms. The third kappa shape index (κ3) is 3.39. The summed E-state index contributed by atoms with van der Waals surface area (Å²) in [6.45, 7) is 0. The molecule has 116 valence electrons. The molecule has 2 saturated heterocycles. The minimum Gasteiger partial charge on any atom is -0.460 e. The van der Waals surface area contributed by atoms with Crippen molar-refractivity contribution in [3.8, 4) is 0 Å². The number of halogens is 1. The molecule has 0 spiro atoms. The van der Waals surface area contributed by atoms with E-state index in [4.69, 9.17) is 4.74 Å². The molecule has 2 bridgehead atoms. The van der Waals surface area contributed by atoms with Crippen LogP contribution in [0.15, 0.2) is 30.3 Å². The van der Waals surface area contributed by atoms with Crippen LogP contribution < -0.4 is 0 Å². The Bertz CT molecular complexity index is 468. The standard InChI is InChI=1S/C16H21NO3.ClH/c1-17-12-7-8-13(17)10-14(9-12)20-16(19)15(18)11-5-3-2-4-6-11;/h2-6,12-15,18H,7-10H2,1H3;1H/t12-,13+,14?,15-;/m1./s1. The van der Waals surface area contributed by atoms with Crippen LogP contribution in [0.25, 0.3) is 0 Å². The number of hydrogen-bond donors (Lipinski definition) is 1. The first kappa shape index (κ1) is 16.3. The van der Waals surface area contributed by atoms with Crippen LogP contribution in [0.1, 0.15) is 37.4 Å². The lowest BCUT2D eigenvalue weighted by Gasteiger charge is -2.36. The van der Waals surface area contributed by atoms with Crippen molar-refractivity contribution in [2.24, 2.45) is 0 Å². The molecule has 4 nitrogen and oxygen atoms in total. The highest BCUT2D eigenvalue weighted by Gasteiger charge is 2.40.